The van der Waals surface area contributed by atoms with E-state index in [0.717, 1.165) is 18.4 Å². The fraction of sp³-hybridized carbons (Fsp3) is 0.407. The molecule has 0 bridgehead atoms. The molecule has 3 aliphatic rings. The molecule has 5 rings (SSSR count). The molecule has 2 heterocycles. The van der Waals surface area contributed by atoms with Gasteiger partial charge in [0, 0.05) is 31.0 Å². The number of rotatable bonds is 4. The molecule has 4 amide bonds. The minimum Gasteiger partial charge on any atom is -0.508 e. The average molecular weight is 476 g/mol. The third-order valence-electron chi connectivity index (χ3n) is 7.69. The van der Waals surface area contributed by atoms with Crippen molar-refractivity contribution in [1.82, 2.24) is 15.1 Å². The summed E-state index contributed by atoms with van der Waals surface area (Å²) < 4.78 is 0. The van der Waals surface area contributed by atoms with Crippen LogP contribution < -0.4 is 5.32 Å². The number of carbonyl (C=O) groups is 4. The van der Waals surface area contributed by atoms with Gasteiger partial charge in [0.2, 0.25) is 11.8 Å². The largest absolute Gasteiger partial charge is 0.508 e. The number of phenolic OH excluding ortho intramolecular Hbond substituents is 1. The lowest BCUT2D eigenvalue weighted by molar-refractivity contribution is -0.146. The fourth-order valence-electron chi connectivity index (χ4n) is 5.92. The first-order valence-corrected chi connectivity index (χ1v) is 12.2. The smallest absolute Gasteiger partial charge is 0.261 e. The predicted octanol–water partition coefficient (Wildman–Crippen LogP) is 2.67. The van der Waals surface area contributed by atoms with Crippen LogP contribution in [0.3, 0.4) is 0 Å². The number of hydrogen-bond donors (Lipinski definition) is 2. The lowest BCUT2D eigenvalue weighted by atomic mass is 9.77. The monoisotopic (exact) mass is 475 g/mol. The first-order chi connectivity index (χ1) is 16.9. The summed E-state index contributed by atoms with van der Waals surface area (Å²) in [5.74, 6) is -1.95. The van der Waals surface area contributed by atoms with Crippen molar-refractivity contribution >= 4 is 23.6 Å². The molecule has 8 heteroatoms. The zero-order chi connectivity index (χ0) is 24.7. The molecule has 0 saturated heterocycles. The van der Waals surface area contributed by atoms with Crippen LogP contribution in [0.25, 0.3) is 0 Å². The summed E-state index contributed by atoms with van der Waals surface area (Å²) in [6.07, 6.45) is 3.56. The Hall–Kier alpha value is -3.68. The van der Waals surface area contributed by atoms with E-state index in [1.54, 1.807) is 48.3 Å². The Balaban J connectivity index is 1.51. The number of hydrogen-bond acceptors (Lipinski definition) is 5. The van der Waals surface area contributed by atoms with Crippen LogP contribution in [0.15, 0.2) is 42.5 Å². The molecule has 1 fully saturated rings. The van der Waals surface area contributed by atoms with E-state index in [4.69, 9.17) is 0 Å². The zero-order valence-electron chi connectivity index (χ0n) is 19.7. The highest BCUT2D eigenvalue weighted by molar-refractivity contribution is 6.21. The van der Waals surface area contributed by atoms with Gasteiger partial charge in [-0.1, -0.05) is 37.1 Å². The summed E-state index contributed by atoms with van der Waals surface area (Å²) in [5, 5.41) is 13.5. The maximum atomic E-state index is 13.9. The van der Waals surface area contributed by atoms with Crippen molar-refractivity contribution in [2.45, 2.75) is 38.1 Å². The Morgan fingerprint density at radius 1 is 0.971 bits per heavy atom. The molecule has 35 heavy (non-hydrogen) atoms. The van der Waals surface area contributed by atoms with E-state index >= 15 is 0 Å². The zero-order valence-corrected chi connectivity index (χ0v) is 19.7. The maximum Gasteiger partial charge on any atom is 0.261 e. The third-order valence-corrected chi connectivity index (χ3v) is 7.69. The first kappa shape index (κ1) is 23.1. The van der Waals surface area contributed by atoms with Crippen molar-refractivity contribution in [1.29, 1.82) is 0 Å². The Morgan fingerprint density at radius 2 is 1.63 bits per heavy atom. The number of benzene rings is 2. The molecule has 2 aromatic rings. The molecule has 3 atom stereocenters. The molecule has 8 nitrogen and oxygen atoms in total. The topological polar surface area (TPSA) is 107 Å². The van der Waals surface area contributed by atoms with E-state index in [9.17, 15) is 24.3 Å². The second-order valence-electron chi connectivity index (χ2n) is 9.53. The molecular formula is C27H29N3O5. The number of nitrogens with one attached hydrogen (secondary N) is 1. The van der Waals surface area contributed by atoms with Crippen LogP contribution in [-0.4, -0.2) is 58.7 Å². The second kappa shape index (κ2) is 9.17. The van der Waals surface area contributed by atoms with Crippen molar-refractivity contribution < 1.29 is 24.3 Å². The highest BCUT2D eigenvalue weighted by atomic mass is 16.3. The van der Waals surface area contributed by atoms with Gasteiger partial charge in [-0.2, -0.15) is 0 Å². The maximum absolute atomic E-state index is 13.9. The number of fused-ring (bicyclic) bond motifs is 2. The first-order valence-electron chi connectivity index (χ1n) is 12.2. The van der Waals surface area contributed by atoms with Gasteiger partial charge in [0.05, 0.1) is 23.7 Å². The van der Waals surface area contributed by atoms with E-state index in [0.29, 0.717) is 42.5 Å². The molecule has 2 aromatic carbocycles. The van der Waals surface area contributed by atoms with Crippen molar-refractivity contribution in [3.63, 3.8) is 0 Å². The van der Waals surface area contributed by atoms with Crippen LogP contribution in [0.1, 0.15) is 63.6 Å². The van der Waals surface area contributed by atoms with Crippen LogP contribution in [0.2, 0.25) is 0 Å². The SMILES string of the molecule is CNC(=O)[C@H]1CCCC[C@H]1C(=O)N1CCc2cccc(O)c2[C@H]1CN1C(=O)c2ccccc2C1=O. The van der Waals surface area contributed by atoms with Crippen LogP contribution >= 0.6 is 0 Å². The number of carbonyl (C=O) groups excluding carboxylic acids is 4. The van der Waals surface area contributed by atoms with Gasteiger partial charge >= 0.3 is 0 Å². The summed E-state index contributed by atoms with van der Waals surface area (Å²) >= 11 is 0. The van der Waals surface area contributed by atoms with E-state index in [1.165, 1.54) is 4.90 Å². The van der Waals surface area contributed by atoms with Gasteiger partial charge in [0.15, 0.2) is 0 Å². The lowest BCUT2D eigenvalue weighted by Crippen LogP contribution is -2.51. The number of aromatic hydroxyl groups is 1. The van der Waals surface area contributed by atoms with Crippen molar-refractivity contribution in [2.24, 2.45) is 11.8 Å². The van der Waals surface area contributed by atoms with Gasteiger partial charge in [-0.3, -0.25) is 24.1 Å². The van der Waals surface area contributed by atoms with Crippen molar-refractivity contribution in [3.05, 3.63) is 64.7 Å². The molecule has 0 aromatic heterocycles. The molecule has 1 saturated carbocycles. The number of imide groups is 1. The number of amides is 4. The lowest BCUT2D eigenvalue weighted by Gasteiger charge is -2.42. The van der Waals surface area contributed by atoms with E-state index in [1.807, 2.05) is 6.07 Å². The van der Waals surface area contributed by atoms with Crippen molar-refractivity contribution in [2.75, 3.05) is 20.1 Å². The van der Waals surface area contributed by atoms with Crippen LogP contribution in [0.4, 0.5) is 0 Å². The standard InChI is InChI=1S/C27H29N3O5/c1-28-24(32)17-8-2-3-9-18(17)25(33)29-14-13-16-7-6-12-22(31)23(16)21(29)15-30-26(34)19-10-4-5-11-20(19)27(30)35/h4-7,10-12,17-18,21,31H,2-3,8-9,13-15H2,1H3,(H,28,32)/t17-,18+,21+/m0/s1. The Labute approximate surface area is 203 Å². The Bertz CT molecular complexity index is 1170. The Morgan fingerprint density at radius 3 is 2.29 bits per heavy atom. The molecule has 2 aliphatic heterocycles. The average Bonchev–Trinajstić information content (AvgIpc) is 3.13. The van der Waals surface area contributed by atoms with Gasteiger partial charge in [-0.15, -0.1) is 0 Å². The van der Waals surface area contributed by atoms with Gasteiger partial charge in [0.1, 0.15) is 5.75 Å². The fourth-order valence-corrected chi connectivity index (χ4v) is 5.92. The molecule has 0 spiro atoms. The Kier molecular flexibility index (Phi) is 6.05. The quantitative estimate of drug-likeness (QED) is 0.662. The summed E-state index contributed by atoms with van der Waals surface area (Å²) in [7, 11) is 1.58. The van der Waals surface area contributed by atoms with E-state index < -0.39 is 29.7 Å². The van der Waals surface area contributed by atoms with Crippen LogP contribution in [0, 0.1) is 11.8 Å². The summed E-state index contributed by atoms with van der Waals surface area (Å²) in [5.41, 5.74) is 2.14. The van der Waals surface area contributed by atoms with Crippen LogP contribution in [-0.2, 0) is 16.0 Å². The van der Waals surface area contributed by atoms with E-state index in [2.05, 4.69) is 5.32 Å². The van der Waals surface area contributed by atoms with Gasteiger partial charge < -0.3 is 15.3 Å². The summed E-state index contributed by atoms with van der Waals surface area (Å²) in [4.78, 5) is 55.6. The predicted molar refractivity (Wildman–Crippen MR) is 128 cm³/mol. The van der Waals surface area contributed by atoms with Gasteiger partial charge in [-0.05, 0) is 43.0 Å². The van der Waals surface area contributed by atoms with E-state index in [-0.39, 0.29) is 24.1 Å². The molecule has 2 N–H and O–H groups in total. The van der Waals surface area contributed by atoms with Crippen molar-refractivity contribution in [3.8, 4) is 5.75 Å². The minimum atomic E-state index is -0.693. The molecular weight excluding hydrogens is 446 g/mol. The van der Waals surface area contributed by atoms with Gasteiger partial charge in [0.25, 0.3) is 11.8 Å². The summed E-state index contributed by atoms with van der Waals surface area (Å²) in [6.45, 7) is 0.333. The molecule has 1 aliphatic carbocycles. The molecule has 0 unspecified atom stereocenters. The highest BCUT2D eigenvalue weighted by Gasteiger charge is 2.44. The highest BCUT2D eigenvalue weighted by Crippen LogP contribution is 2.41. The summed E-state index contributed by atoms with van der Waals surface area (Å²) in [6, 6.07) is 11.2. The minimum absolute atomic E-state index is 0.0353. The second-order valence-corrected chi connectivity index (χ2v) is 9.53. The van der Waals surface area contributed by atoms with Crippen LogP contribution in [0.5, 0.6) is 5.75 Å². The van der Waals surface area contributed by atoms with Gasteiger partial charge in [-0.25, -0.2) is 0 Å². The molecule has 0 radical (unpaired) electrons. The number of nitrogens with zero attached hydrogens (tertiary/aromatic N) is 2. The third kappa shape index (κ3) is 3.87. The normalized spacial score (nSPS) is 23.6. The number of phenols is 1. The molecule has 182 valence electrons.